The van der Waals surface area contributed by atoms with E-state index < -0.39 is 0 Å². The quantitative estimate of drug-likeness (QED) is 0.625. The first kappa shape index (κ1) is 8.15. The molecule has 58 valence electrons. The van der Waals surface area contributed by atoms with Crippen LogP contribution in [0.4, 0.5) is 0 Å². The SMILES string of the molecule is CC(C)=CCNC1CSC1. The Morgan fingerprint density at radius 2 is 2.30 bits per heavy atom. The number of hydrogen-bond donors (Lipinski definition) is 1. The largest absolute Gasteiger partial charge is 0.309 e. The van der Waals surface area contributed by atoms with E-state index in [1.165, 1.54) is 17.1 Å². The molecule has 1 heterocycles. The number of thioether (sulfide) groups is 1. The molecule has 0 aromatic carbocycles. The van der Waals surface area contributed by atoms with E-state index in [-0.39, 0.29) is 0 Å². The van der Waals surface area contributed by atoms with Crippen LogP contribution in [0.25, 0.3) is 0 Å². The molecular weight excluding hydrogens is 142 g/mol. The molecule has 1 rings (SSSR count). The lowest BCUT2D eigenvalue weighted by Crippen LogP contribution is -2.40. The number of nitrogens with one attached hydrogen (secondary N) is 1. The van der Waals surface area contributed by atoms with Crippen LogP contribution in [0.1, 0.15) is 13.8 Å². The Bertz CT molecular complexity index is 123. The van der Waals surface area contributed by atoms with Gasteiger partial charge in [-0.25, -0.2) is 0 Å². The third-order valence-corrected chi connectivity index (χ3v) is 2.83. The van der Waals surface area contributed by atoms with Gasteiger partial charge >= 0.3 is 0 Å². The Morgan fingerprint density at radius 1 is 1.60 bits per heavy atom. The van der Waals surface area contributed by atoms with Gasteiger partial charge in [0.05, 0.1) is 0 Å². The lowest BCUT2D eigenvalue weighted by atomic mass is 10.3. The van der Waals surface area contributed by atoms with E-state index >= 15 is 0 Å². The van der Waals surface area contributed by atoms with Crippen molar-refractivity contribution in [2.45, 2.75) is 19.9 Å². The van der Waals surface area contributed by atoms with Gasteiger partial charge in [-0.1, -0.05) is 11.6 Å². The molecule has 0 amide bonds. The van der Waals surface area contributed by atoms with Gasteiger partial charge in [-0.2, -0.15) is 11.8 Å². The Kier molecular flexibility index (Phi) is 3.29. The monoisotopic (exact) mass is 157 g/mol. The molecule has 1 fully saturated rings. The van der Waals surface area contributed by atoms with Crippen LogP contribution in [-0.4, -0.2) is 24.1 Å². The summed E-state index contributed by atoms with van der Waals surface area (Å²) < 4.78 is 0. The highest BCUT2D eigenvalue weighted by molar-refractivity contribution is 8.00. The summed E-state index contributed by atoms with van der Waals surface area (Å²) in [6.45, 7) is 5.32. The predicted octanol–water partition coefficient (Wildman–Crippen LogP) is 1.66. The molecule has 0 aromatic rings. The van der Waals surface area contributed by atoms with E-state index in [1.54, 1.807) is 0 Å². The molecule has 0 atom stereocenters. The van der Waals surface area contributed by atoms with Crippen LogP contribution in [0.15, 0.2) is 11.6 Å². The smallest absolute Gasteiger partial charge is 0.0251 e. The fraction of sp³-hybridized carbons (Fsp3) is 0.750. The van der Waals surface area contributed by atoms with Crippen LogP contribution in [-0.2, 0) is 0 Å². The zero-order valence-electron chi connectivity index (χ0n) is 6.68. The summed E-state index contributed by atoms with van der Waals surface area (Å²) in [5.41, 5.74) is 1.40. The normalized spacial score (nSPS) is 18.2. The van der Waals surface area contributed by atoms with E-state index in [2.05, 4.69) is 25.2 Å². The third kappa shape index (κ3) is 2.76. The molecule has 0 unspecified atom stereocenters. The highest BCUT2D eigenvalue weighted by Gasteiger charge is 2.15. The average Bonchev–Trinajstić information content (AvgIpc) is 1.75. The van der Waals surface area contributed by atoms with Gasteiger partial charge in [0.1, 0.15) is 0 Å². The third-order valence-electron chi connectivity index (χ3n) is 1.55. The van der Waals surface area contributed by atoms with Crippen molar-refractivity contribution in [1.29, 1.82) is 0 Å². The standard InChI is InChI=1S/C8H15NS/c1-7(2)3-4-9-8-5-10-6-8/h3,8-9H,4-6H2,1-2H3. The van der Waals surface area contributed by atoms with Gasteiger partial charge in [0.25, 0.3) is 0 Å². The highest BCUT2D eigenvalue weighted by atomic mass is 32.2. The van der Waals surface area contributed by atoms with Crippen LogP contribution in [0.2, 0.25) is 0 Å². The van der Waals surface area contributed by atoms with Gasteiger partial charge in [-0.3, -0.25) is 0 Å². The molecule has 10 heavy (non-hydrogen) atoms. The molecule has 0 bridgehead atoms. The van der Waals surface area contributed by atoms with Crippen molar-refractivity contribution in [2.75, 3.05) is 18.1 Å². The molecule has 2 heteroatoms. The minimum atomic E-state index is 0.792. The minimum absolute atomic E-state index is 0.792. The van der Waals surface area contributed by atoms with Gasteiger partial charge in [-0.05, 0) is 13.8 Å². The Hall–Kier alpha value is 0.0500. The van der Waals surface area contributed by atoms with Gasteiger partial charge < -0.3 is 5.32 Å². The van der Waals surface area contributed by atoms with Crippen LogP contribution in [0.5, 0.6) is 0 Å². The first-order valence-corrected chi connectivity index (χ1v) is 4.89. The molecular formula is C8H15NS. The maximum Gasteiger partial charge on any atom is 0.0251 e. The van der Waals surface area contributed by atoms with E-state index in [9.17, 15) is 0 Å². The van der Waals surface area contributed by atoms with Gasteiger partial charge in [0, 0.05) is 24.1 Å². The van der Waals surface area contributed by atoms with Crippen molar-refractivity contribution in [3.8, 4) is 0 Å². The highest BCUT2D eigenvalue weighted by Crippen LogP contribution is 2.16. The zero-order valence-corrected chi connectivity index (χ0v) is 7.50. The fourth-order valence-electron chi connectivity index (χ4n) is 0.783. The van der Waals surface area contributed by atoms with Crippen LogP contribution < -0.4 is 5.32 Å². The summed E-state index contributed by atoms with van der Waals surface area (Å²) in [5.74, 6) is 2.60. The molecule has 0 aliphatic carbocycles. The summed E-state index contributed by atoms with van der Waals surface area (Å²) in [5, 5.41) is 3.45. The van der Waals surface area contributed by atoms with Gasteiger partial charge in [-0.15, -0.1) is 0 Å². The summed E-state index contributed by atoms with van der Waals surface area (Å²) in [7, 11) is 0. The van der Waals surface area contributed by atoms with Gasteiger partial charge in [0.2, 0.25) is 0 Å². The lowest BCUT2D eigenvalue weighted by Gasteiger charge is -2.25. The molecule has 1 saturated heterocycles. The summed E-state index contributed by atoms with van der Waals surface area (Å²) in [4.78, 5) is 0. The fourth-order valence-corrected chi connectivity index (χ4v) is 1.49. The van der Waals surface area contributed by atoms with E-state index in [1.807, 2.05) is 11.8 Å². The van der Waals surface area contributed by atoms with Crippen LogP contribution >= 0.6 is 11.8 Å². The molecule has 0 spiro atoms. The van der Waals surface area contributed by atoms with Crippen molar-refractivity contribution in [3.63, 3.8) is 0 Å². The van der Waals surface area contributed by atoms with Crippen molar-refractivity contribution < 1.29 is 0 Å². The molecule has 1 nitrogen and oxygen atoms in total. The topological polar surface area (TPSA) is 12.0 Å². The molecule has 0 saturated carbocycles. The van der Waals surface area contributed by atoms with Crippen LogP contribution in [0.3, 0.4) is 0 Å². The summed E-state index contributed by atoms with van der Waals surface area (Å²) in [6.07, 6.45) is 2.24. The zero-order chi connectivity index (χ0) is 7.40. The van der Waals surface area contributed by atoms with Gasteiger partial charge in [0.15, 0.2) is 0 Å². The predicted molar refractivity (Wildman–Crippen MR) is 48.5 cm³/mol. The van der Waals surface area contributed by atoms with E-state index in [0.29, 0.717) is 0 Å². The van der Waals surface area contributed by atoms with Crippen molar-refractivity contribution in [3.05, 3.63) is 11.6 Å². The second kappa shape index (κ2) is 4.04. The van der Waals surface area contributed by atoms with Crippen LogP contribution in [0, 0.1) is 0 Å². The van der Waals surface area contributed by atoms with E-state index in [4.69, 9.17) is 0 Å². The molecule has 1 N–H and O–H groups in total. The maximum atomic E-state index is 3.45. The summed E-state index contributed by atoms with van der Waals surface area (Å²) in [6, 6.07) is 0.792. The molecule has 1 aliphatic heterocycles. The second-order valence-electron chi connectivity index (χ2n) is 2.92. The number of hydrogen-bond acceptors (Lipinski definition) is 2. The maximum absolute atomic E-state index is 3.45. The Labute approximate surface area is 67.3 Å². The summed E-state index contributed by atoms with van der Waals surface area (Å²) >= 11 is 2.02. The first-order valence-electron chi connectivity index (χ1n) is 3.73. The van der Waals surface area contributed by atoms with Crippen molar-refractivity contribution in [1.82, 2.24) is 5.32 Å². The molecule has 1 aliphatic rings. The molecule has 0 aromatic heterocycles. The number of allylic oxidation sites excluding steroid dienone is 1. The minimum Gasteiger partial charge on any atom is -0.309 e. The second-order valence-corrected chi connectivity index (χ2v) is 4.00. The van der Waals surface area contributed by atoms with Crippen molar-refractivity contribution in [2.24, 2.45) is 0 Å². The number of rotatable bonds is 3. The van der Waals surface area contributed by atoms with E-state index in [0.717, 1.165) is 12.6 Å². The van der Waals surface area contributed by atoms with Crippen molar-refractivity contribution >= 4 is 11.8 Å². The molecule has 0 radical (unpaired) electrons. The average molecular weight is 157 g/mol. The Morgan fingerprint density at radius 3 is 2.70 bits per heavy atom. The lowest BCUT2D eigenvalue weighted by molar-refractivity contribution is 0.624. The first-order chi connectivity index (χ1) is 4.79. The Balaban J connectivity index is 1.99.